The molecule has 0 bridgehead atoms. The van der Waals surface area contributed by atoms with Crippen LogP contribution in [0.1, 0.15) is 11.1 Å². The summed E-state index contributed by atoms with van der Waals surface area (Å²) in [7, 11) is -1.35. The van der Waals surface area contributed by atoms with Crippen molar-refractivity contribution < 1.29 is 22.7 Å². The quantitative estimate of drug-likeness (QED) is 0.192. The minimum atomic E-state index is -4.27. The van der Waals surface area contributed by atoms with Gasteiger partial charge in [0.2, 0.25) is 11.8 Å². The van der Waals surface area contributed by atoms with Crippen LogP contribution in [-0.4, -0.2) is 51.9 Å². The maximum absolute atomic E-state index is 14.3. The molecule has 4 aromatic rings. The maximum Gasteiger partial charge on any atom is 0.264 e. The van der Waals surface area contributed by atoms with Gasteiger partial charge in [0.15, 0.2) is 0 Å². The summed E-state index contributed by atoms with van der Waals surface area (Å²) < 4.78 is 34.2. The van der Waals surface area contributed by atoms with Gasteiger partial charge in [-0.05, 0) is 53.6 Å². The molecule has 1 N–H and O–H groups in total. The van der Waals surface area contributed by atoms with Gasteiger partial charge in [0.1, 0.15) is 18.3 Å². The van der Waals surface area contributed by atoms with Crippen molar-refractivity contribution in [2.45, 2.75) is 23.9 Å². The lowest BCUT2D eigenvalue weighted by molar-refractivity contribution is -0.139. The first-order valence-corrected chi connectivity index (χ1v) is 16.0. The highest BCUT2D eigenvalue weighted by Crippen LogP contribution is 2.32. The molecule has 2 amide bonds. The lowest BCUT2D eigenvalue weighted by Gasteiger charge is -2.33. The molecule has 0 saturated carbocycles. The summed E-state index contributed by atoms with van der Waals surface area (Å²) in [5, 5.41) is 3.41. The van der Waals surface area contributed by atoms with Crippen LogP contribution in [0.5, 0.6) is 5.75 Å². The number of likely N-dealkylation sites (N-methyl/N-ethyl adjacent to an activating group) is 1. The highest BCUT2D eigenvalue weighted by molar-refractivity contribution is 7.92. The van der Waals surface area contributed by atoms with Gasteiger partial charge < -0.3 is 15.0 Å². The molecule has 44 heavy (non-hydrogen) atoms. The standard InChI is InChI=1S/C32H30Cl3N3O5S/c1-36-32(40)29(18-22-9-5-3-6-10-22)37(20-23-13-15-26(33)27(34)17-23)31(39)21-38(24-14-16-30(43-2)28(35)19-24)44(41,42)25-11-7-4-8-12-25/h3-17,19,29H,18,20-21H2,1-2H3,(H,36,40)/t29-/m1/s1. The molecule has 0 spiro atoms. The molecule has 0 aliphatic heterocycles. The minimum Gasteiger partial charge on any atom is -0.495 e. The van der Waals surface area contributed by atoms with Crippen LogP contribution in [0.4, 0.5) is 5.69 Å². The molecule has 0 unspecified atom stereocenters. The number of sulfonamides is 1. The number of nitrogens with one attached hydrogen (secondary N) is 1. The van der Waals surface area contributed by atoms with Gasteiger partial charge in [-0.3, -0.25) is 13.9 Å². The largest absolute Gasteiger partial charge is 0.495 e. The van der Waals surface area contributed by atoms with E-state index in [4.69, 9.17) is 39.5 Å². The fraction of sp³-hybridized carbons (Fsp3) is 0.188. The summed E-state index contributed by atoms with van der Waals surface area (Å²) >= 11 is 18.8. The monoisotopic (exact) mass is 673 g/mol. The van der Waals surface area contributed by atoms with Crippen LogP contribution in [-0.2, 0) is 32.6 Å². The zero-order valence-electron chi connectivity index (χ0n) is 23.9. The van der Waals surface area contributed by atoms with E-state index in [1.807, 2.05) is 30.3 Å². The summed E-state index contributed by atoms with van der Waals surface area (Å²) in [5.41, 5.74) is 1.55. The molecule has 0 aliphatic carbocycles. The van der Waals surface area contributed by atoms with Gasteiger partial charge >= 0.3 is 0 Å². The van der Waals surface area contributed by atoms with Crippen molar-refractivity contribution in [1.29, 1.82) is 0 Å². The van der Waals surface area contributed by atoms with Crippen LogP contribution in [0.2, 0.25) is 15.1 Å². The SMILES string of the molecule is CNC(=O)[C@@H](Cc1ccccc1)N(Cc1ccc(Cl)c(Cl)c1)C(=O)CN(c1ccc(OC)c(Cl)c1)S(=O)(=O)c1ccccc1. The first-order valence-electron chi connectivity index (χ1n) is 13.5. The van der Waals surface area contributed by atoms with Crippen LogP contribution < -0.4 is 14.4 Å². The third-order valence-corrected chi connectivity index (χ3v) is 9.71. The Morgan fingerprint density at radius 1 is 0.818 bits per heavy atom. The first kappa shape index (κ1) is 33.1. The number of ether oxygens (including phenoxy) is 1. The van der Waals surface area contributed by atoms with Gasteiger partial charge in [0.05, 0.1) is 32.8 Å². The summed E-state index contributed by atoms with van der Waals surface area (Å²) in [4.78, 5) is 29.0. The number of halogens is 3. The molecule has 12 heteroatoms. The lowest BCUT2D eigenvalue weighted by atomic mass is 10.0. The van der Waals surface area contributed by atoms with Crippen LogP contribution in [0.25, 0.3) is 0 Å². The molecule has 0 radical (unpaired) electrons. The Balaban J connectivity index is 1.81. The smallest absolute Gasteiger partial charge is 0.264 e. The Labute approximate surface area is 272 Å². The number of anilines is 1. The first-order chi connectivity index (χ1) is 21.0. The van der Waals surface area contributed by atoms with Crippen molar-refractivity contribution >= 4 is 62.3 Å². The van der Waals surface area contributed by atoms with Crippen molar-refractivity contribution in [1.82, 2.24) is 10.2 Å². The molecule has 0 saturated heterocycles. The van der Waals surface area contributed by atoms with E-state index in [0.29, 0.717) is 16.3 Å². The molecule has 4 rings (SSSR count). The Morgan fingerprint density at radius 3 is 2.07 bits per heavy atom. The molecule has 0 aromatic heterocycles. The minimum absolute atomic E-state index is 0.0251. The van der Waals surface area contributed by atoms with Crippen molar-refractivity contribution in [3.05, 3.63) is 123 Å². The van der Waals surface area contributed by atoms with Crippen molar-refractivity contribution in [2.24, 2.45) is 0 Å². The van der Waals surface area contributed by atoms with E-state index in [9.17, 15) is 18.0 Å². The average Bonchev–Trinajstić information content (AvgIpc) is 3.03. The van der Waals surface area contributed by atoms with Crippen molar-refractivity contribution in [3.63, 3.8) is 0 Å². The van der Waals surface area contributed by atoms with E-state index in [1.54, 1.807) is 36.4 Å². The fourth-order valence-corrected chi connectivity index (χ4v) is 6.61. The Kier molecular flexibility index (Phi) is 11.2. The van der Waals surface area contributed by atoms with Gasteiger partial charge in [-0.15, -0.1) is 0 Å². The number of amides is 2. The molecular formula is C32H30Cl3N3O5S. The van der Waals surface area contributed by atoms with E-state index in [2.05, 4.69) is 5.32 Å². The molecule has 0 aliphatic rings. The molecule has 0 heterocycles. The Hall–Kier alpha value is -3.76. The third kappa shape index (κ3) is 7.84. The van der Waals surface area contributed by atoms with E-state index in [0.717, 1.165) is 9.87 Å². The number of hydrogen-bond acceptors (Lipinski definition) is 5. The van der Waals surface area contributed by atoms with E-state index >= 15 is 0 Å². The van der Waals surface area contributed by atoms with Crippen LogP contribution in [0.3, 0.4) is 0 Å². The summed E-state index contributed by atoms with van der Waals surface area (Å²) in [6.45, 7) is -0.688. The number of methoxy groups -OCH3 is 1. The van der Waals surface area contributed by atoms with E-state index in [1.165, 1.54) is 49.4 Å². The van der Waals surface area contributed by atoms with Crippen LogP contribution >= 0.6 is 34.8 Å². The topological polar surface area (TPSA) is 96.0 Å². The molecule has 4 aromatic carbocycles. The highest BCUT2D eigenvalue weighted by atomic mass is 35.5. The maximum atomic E-state index is 14.3. The van der Waals surface area contributed by atoms with Gasteiger partial charge in [-0.25, -0.2) is 8.42 Å². The fourth-order valence-electron chi connectivity index (χ4n) is 4.61. The zero-order chi connectivity index (χ0) is 31.9. The number of carbonyl (C=O) groups is 2. The Bertz CT molecular complexity index is 1720. The predicted octanol–water partition coefficient (Wildman–Crippen LogP) is 6.24. The number of rotatable bonds is 12. The normalized spacial score (nSPS) is 11.8. The predicted molar refractivity (Wildman–Crippen MR) is 174 cm³/mol. The molecular weight excluding hydrogens is 645 g/mol. The summed E-state index contributed by atoms with van der Waals surface area (Å²) in [6, 6.07) is 25.3. The van der Waals surface area contributed by atoms with E-state index in [-0.39, 0.29) is 33.6 Å². The Morgan fingerprint density at radius 2 is 1.48 bits per heavy atom. The second kappa shape index (κ2) is 14.8. The number of hydrogen-bond donors (Lipinski definition) is 1. The van der Waals surface area contributed by atoms with Crippen molar-refractivity contribution in [2.75, 3.05) is 25.0 Å². The summed E-state index contributed by atoms with van der Waals surface area (Å²) in [6.07, 6.45) is 0.174. The second-order valence-electron chi connectivity index (χ2n) is 9.73. The second-order valence-corrected chi connectivity index (χ2v) is 12.8. The van der Waals surface area contributed by atoms with Crippen LogP contribution in [0, 0.1) is 0 Å². The van der Waals surface area contributed by atoms with Gasteiger partial charge in [0, 0.05) is 20.0 Å². The van der Waals surface area contributed by atoms with Gasteiger partial charge in [-0.1, -0.05) is 89.4 Å². The molecule has 230 valence electrons. The van der Waals surface area contributed by atoms with Crippen molar-refractivity contribution in [3.8, 4) is 5.75 Å². The molecule has 1 atom stereocenters. The number of benzene rings is 4. The third-order valence-electron chi connectivity index (χ3n) is 6.89. The average molecular weight is 675 g/mol. The number of carbonyl (C=O) groups excluding carboxylic acids is 2. The lowest BCUT2D eigenvalue weighted by Crippen LogP contribution is -2.53. The molecule has 0 fully saturated rings. The molecule has 8 nitrogen and oxygen atoms in total. The highest BCUT2D eigenvalue weighted by Gasteiger charge is 2.34. The van der Waals surface area contributed by atoms with Gasteiger partial charge in [-0.2, -0.15) is 0 Å². The van der Waals surface area contributed by atoms with Crippen LogP contribution in [0.15, 0.2) is 102 Å². The zero-order valence-corrected chi connectivity index (χ0v) is 27.0. The van der Waals surface area contributed by atoms with E-state index < -0.39 is 34.4 Å². The van der Waals surface area contributed by atoms with Gasteiger partial charge in [0.25, 0.3) is 10.0 Å². The number of nitrogens with zero attached hydrogens (tertiary/aromatic N) is 2. The summed E-state index contributed by atoms with van der Waals surface area (Å²) in [5.74, 6) is -0.720.